The number of carbonyl (C=O) groups excluding carboxylic acids is 1. The first-order valence-corrected chi connectivity index (χ1v) is 9.91. The van der Waals surface area contributed by atoms with E-state index in [4.69, 9.17) is 28.3 Å². The van der Waals surface area contributed by atoms with Gasteiger partial charge in [-0.25, -0.2) is 8.42 Å². The molecule has 0 atom stereocenters. The molecule has 0 saturated heterocycles. The normalized spacial score (nSPS) is 11.5. The largest absolute Gasteiger partial charge is 0.395 e. The summed E-state index contributed by atoms with van der Waals surface area (Å²) in [4.78, 5) is 12.1. The van der Waals surface area contributed by atoms with Crippen molar-refractivity contribution in [1.82, 2.24) is 9.62 Å². The van der Waals surface area contributed by atoms with Crippen LogP contribution in [0.15, 0.2) is 53.4 Å². The molecule has 26 heavy (non-hydrogen) atoms. The van der Waals surface area contributed by atoms with Crippen molar-refractivity contribution in [2.24, 2.45) is 0 Å². The van der Waals surface area contributed by atoms with Crippen LogP contribution in [0.1, 0.15) is 5.56 Å². The van der Waals surface area contributed by atoms with Crippen molar-refractivity contribution in [2.75, 3.05) is 19.7 Å². The maximum atomic E-state index is 12.9. The lowest BCUT2D eigenvalue weighted by Crippen LogP contribution is -2.41. The Labute approximate surface area is 162 Å². The quantitative estimate of drug-likeness (QED) is 0.690. The number of carbonyl (C=O) groups is 1. The Morgan fingerprint density at radius 3 is 2.38 bits per heavy atom. The van der Waals surface area contributed by atoms with Gasteiger partial charge in [0.2, 0.25) is 15.9 Å². The van der Waals surface area contributed by atoms with Gasteiger partial charge in [-0.05, 0) is 29.8 Å². The van der Waals surface area contributed by atoms with Gasteiger partial charge >= 0.3 is 0 Å². The first-order chi connectivity index (χ1) is 12.3. The van der Waals surface area contributed by atoms with E-state index in [-0.39, 0.29) is 24.6 Å². The summed E-state index contributed by atoms with van der Waals surface area (Å²) in [6.07, 6.45) is 0. The molecule has 1 amide bonds. The van der Waals surface area contributed by atoms with E-state index >= 15 is 0 Å². The standard InChI is InChI=1S/C17H18Cl2N2O4S/c18-15-7-6-13(10-16(15)19)11-21(12-17(23)20-8-9-22)26(24,25)14-4-2-1-3-5-14/h1-7,10,22H,8-9,11-12H2,(H,20,23). The van der Waals surface area contributed by atoms with Crippen LogP contribution < -0.4 is 5.32 Å². The van der Waals surface area contributed by atoms with E-state index in [0.717, 1.165) is 4.31 Å². The topological polar surface area (TPSA) is 86.7 Å². The van der Waals surface area contributed by atoms with E-state index in [2.05, 4.69) is 5.32 Å². The number of halogens is 2. The highest BCUT2D eigenvalue weighted by molar-refractivity contribution is 7.89. The fourth-order valence-corrected chi connectivity index (χ4v) is 3.95. The van der Waals surface area contributed by atoms with Crippen LogP contribution in [0.3, 0.4) is 0 Å². The van der Waals surface area contributed by atoms with E-state index in [1.807, 2.05) is 0 Å². The van der Waals surface area contributed by atoms with Gasteiger partial charge in [-0.15, -0.1) is 0 Å². The molecule has 140 valence electrons. The number of aliphatic hydroxyl groups is 1. The summed E-state index contributed by atoms with van der Waals surface area (Å²) in [5.74, 6) is -0.515. The summed E-state index contributed by atoms with van der Waals surface area (Å²) >= 11 is 11.9. The van der Waals surface area contributed by atoms with Gasteiger partial charge in [0.25, 0.3) is 0 Å². The third-order valence-corrected chi connectivity index (χ3v) is 6.02. The predicted octanol–water partition coefficient (Wildman–Crippen LogP) is 2.29. The van der Waals surface area contributed by atoms with Crippen molar-refractivity contribution < 1.29 is 18.3 Å². The number of hydrogen-bond donors (Lipinski definition) is 2. The lowest BCUT2D eigenvalue weighted by molar-refractivity contribution is -0.121. The molecule has 0 heterocycles. The molecule has 9 heteroatoms. The lowest BCUT2D eigenvalue weighted by atomic mass is 10.2. The molecule has 0 fully saturated rings. The van der Waals surface area contributed by atoms with Gasteiger partial charge in [0, 0.05) is 13.1 Å². The number of benzene rings is 2. The molecule has 0 spiro atoms. The molecule has 2 aromatic rings. The monoisotopic (exact) mass is 416 g/mol. The van der Waals surface area contributed by atoms with Gasteiger partial charge in [-0.1, -0.05) is 47.5 Å². The zero-order valence-electron chi connectivity index (χ0n) is 13.7. The Kier molecular flexibility index (Phi) is 7.43. The molecule has 0 saturated carbocycles. The van der Waals surface area contributed by atoms with Gasteiger partial charge in [0.15, 0.2) is 0 Å². The van der Waals surface area contributed by atoms with Crippen LogP contribution in [-0.4, -0.2) is 43.4 Å². The molecule has 2 N–H and O–H groups in total. The zero-order chi connectivity index (χ0) is 19.2. The minimum absolute atomic E-state index is 0.0465. The van der Waals surface area contributed by atoms with Crippen molar-refractivity contribution in [3.8, 4) is 0 Å². The Morgan fingerprint density at radius 1 is 1.08 bits per heavy atom. The van der Waals surface area contributed by atoms with E-state index < -0.39 is 22.5 Å². The van der Waals surface area contributed by atoms with Crippen molar-refractivity contribution in [2.45, 2.75) is 11.4 Å². The molecule has 0 aromatic heterocycles. The first-order valence-electron chi connectivity index (χ1n) is 7.71. The van der Waals surface area contributed by atoms with E-state index in [0.29, 0.717) is 15.6 Å². The summed E-state index contributed by atoms with van der Waals surface area (Å²) in [6, 6.07) is 12.6. The lowest BCUT2D eigenvalue weighted by Gasteiger charge is -2.22. The molecule has 0 aliphatic rings. The second kappa shape index (κ2) is 9.34. The highest BCUT2D eigenvalue weighted by Crippen LogP contribution is 2.25. The van der Waals surface area contributed by atoms with Crippen molar-refractivity contribution in [3.63, 3.8) is 0 Å². The molecule has 0 bridgehead atoms. The number of aliphatic hydroxyl groups excluding tert-OH is 1. The molecule has 6 nitrogen and oxygen atoms in total. The van der Waals surface area contributed by atoms with Gasteiger partial charge in [-0.2, -0.15) is 4.31 Å². The molecular weight excluding hydrogens is 399 g/mol. The Balaban J connectivity index is 2.32. The third kappa shape index (κ3) is 5.43. The van der Waals surface area contributed by atoms with E-state index in [1.54, 1.807) is 36.4 Å². The van der Waals surface area contributed by atoms with E-state index in [1.165, 1.54) is 12.1 Å². The van der Waals surface area contributed by atoms with Crippen LogP contribution in [-0.2, 0) is 21.4 Å². The molecule has 0 unspecified atom stereocenters. The van der Waals surface area contributed by atoms with Crippen LogP contribution in [0.25, 0.3) is 0 Å². The van der Waals surface area contributed by atoms with Crippen LogP contribution in [0.2, 0.25) is 10.0 Å². The van der Waals surface area contributed by atoms with Crippen molar-refractivity contribution in [1.29, 1.82) is 0 Å². The predicted molar refractivity (Wildman–Crippen MR) is 101 cm³/mol. The molecule has 2 aromatic carbocycles. The van der Waals surface area contributed by atoms with Crippen LogP contribution >= 0.6 is 23.2 Å². The Hall–Kier alpha value is -1.64. The van der Waals surface area contributed by atoms with Crippen molar-refractivity contribution >= 4 is 39.1 Å². The number of nitrogens with one attached hydrogen (secondary N) is 1. The number of nitrogens with zero attached hydrogens (tertiary/aromatic N) is 1. The minimum Gasteiger partial charge on any atom is -0.395 e. The molecule has 2 rings (SSSR count). The number of amides is 1. The number of sulfonamides is 1. The highest BCUT2D eigenvalue weighted by Gasteiger charge is 2.26. The van der Waals surface area contributed by atoms with Gasteiger partial charge in [-0.3, -0.25) is 4.79 Å². The van der Waals surface area contributed by atoms with Crippen molar-refractivity contribution in [3.05, 3.63) is 64.1 Å². The Morgan fingerprint density at radius 2 is 1.77 bits per heavy atom. The summed E-state index contributed by atoms with van der Waals surface area (Å²) < 4.78 is 26.9. The smallest absolute Gasteiger partial charge is 0.243 e. The summed E-state index contributed by atoms with van der Waals surface area (Å²) in [5, 5.41) is 11.9. The fourth-order valence-electron chi connectivity index (χ4n) is 2.22. The maximum absolute atomic E-state index is 12.9. The summed E-state index contributed by atoms with van der Waals surface area (Å²) in [6.45, 7) is -0.632. The number of hydrogen-bond acceptors (Lipinski definition) is 4. The zero-order valence-corrected chi connectivity index (χ0v) is 16.1. The average molecular weight is 417 g/mol. The summed E-state index contributed by atoms with van der Waals surface area (Å²) in [5.41, 5.74) is 0.592. The summed E-state index contributed by atoms with van der Waals surface area (Å²) in [7, 11) is -3.91. The fraction of sp³-hybridized carbons (Fsp3) is 0.235. The third-order valence-electron chi connectivity index (χ3n) is 3.48. The van der Waals surface area contributed by atoms with Gasteiger partial charge < -0.3 is 10.4 Å². The van der Waals surface area contributed by atoms with Crippen LogP contribution in [0.5, 0.6) is 0 Å². The maximum Gasteiger partial charge on any atom is 0.243 e. The molecular formula is C17H18Cl2N2O4S. The van der Waals surface area contributed by atoms with Gasteiger partial charge in [0.1, 0.15) is 0 Å². The van der Waals surface area contributed by atoms with E-state index in [9.17, 15) is 13.2 Å². The minimum atomic E-state index is -3.91. The van der Waals surface area contributed by atoms with Crippen LogP contribution in [0, 0.1) is 0 Å². The van der Waals surface area contributed by atoms with Crippen LogP contribution in [0.4, 0.5) is 0 Å². The molecule has 0 radical (unpaired) electrons. The van der Waals surface area contributed by atoms with Gasteiger partial charge in [0.05, 0.1) is 28.1 Å². The average Bonchev–Trinajstić information content (AvgIpc) is 2.63. The molecule has 0 aliphatic carbocycles. The Bertz CT molecular complexity index is 860. The second-order valence-corrected chi connectivity index (χ2v) is 8.16. The second-order valence-electron chi connectivity index (χ2n) is 5.41. The first kappa shape index (κ1) is 20.7. The molecule has 0 aliphatic heterocycles. The SMILES string of the molecule is O=C(CN(Cc1ccc(Cl)c(Cl)c1)S(=O)(=O)c1ccccc1)NCCO. The number of rotatable bonds is 8. The highest BCUT2D eigenvalue weighted by atomic mass is 35.5.